The van der Waals surface area contributed by atoms with Crippen LogP contribution in [0.2, 0.25) is 0 Å². The Morgan fingerprint density at radius 2 is 1.92 bits per heavy atom. The standard InChI is InChI=1S/C17H27N5O2/c1-6-13(7-2)15-8-14(24-22-15)9-19-17(18-5)20-10-16-21-11(3)12(4)23-16/h8,13H,6-7,9-10H2,1-5H3,(H2,18,19,20). The topological polar surface area (TPSA) is 88.5 Å². The quantitative estimate of drug-likeness (QED) is 0.598. The van der Waals surface area contributed by atoms with Crippen molar-refractivity contribution in [1.82, 2.24) is 20.8 Å². The molecule has 0 aliphatic carbocycles. The van der Waals surface area contributed by atoms with E-state index in [4.69, 9.17) is 8.94 Å². The summed E-state index contributed by atoms with van der Waals surface area (Å²) in [5.41, 5.74) is 1.93. The number of nitrogens with one attached hydrogen (secondary N) is 2. The first-order valence-corrected chi connectivity index (χ1v) is 8.40. The molecule has 2 heterocycles. The van der Waals surface area contributed by atoms with Crippen LogP contribution in [0.15, 0.2) is 20.0 Å². The Morgan fingerprint density at radius 1 is 1.21 bits per heavy atom. The molecule has 0 aromatic carbocycles. The Bertz CT molecular complexity index is 651. The number of aromatic nitrogens is 2. The average Bonchev–Trinajstić information content (AvgIpc) is 3.16. The average molecular weight is 333 g/mol. The summed E-state index contributed by atoms with van der Waals surface area (Å²) in [4.78, 5) is 8.52. The fourth-order valence-corrected chi connectivity index (χ4v) is 2.48. The van der Waals surface area contributed by atoms with Crippen molar-refractivity contribution in [2.75, 3.05) is 7.05 Å². The lowest BCUT2D eigenvalue weighted by atomic mass is 9.99. The number of hydrogen-bond acceptors (Lipinski definition) is 5. The van der Waals surface area contributed by atoms with E-state index in [9.17, 15) is 0 Å². The molecule has 132 valence electrons. The molecule has 0 bridgehead atoms. The third-order valence-electron chi connectivity index (χ3n) is 4.11. The van der Waals surface area contributed by atoms with Crippen molar-refractivity contribution in [3.63, 3.8) is 0 Å². The summed E-state index contributed by atoms with van der Waals surface area (Å²) in [5.74, 6) is 3.39. The van der Waals surface area contributed by atoms with Crippen molar-refractivity contribution >= 4 is 5.96 Å². The zero-order valence-electron chi connectivity index (χ0n) is 15.1. The molecule has 24 heavy (non-hydrogen) atoms. The number of aliphatic imine (C=N–C) groups is 1. The molecule has 0 fully saturated rings. The van der Waals surface area contributed by atoms with Gasteiger partial charge >= 0.3 is 0 Å². The molecule has 0 aliphatic heterocycles. The molecular formula is C17H27N5O2. The van der Waals surface area contributed by atoms with Gasteiger partial charge in [0.25, 0.3) is 0 Å². The molecule has 0 atom stereocenters. The first-order valence-electron chi connectivity index (χ1n) is 8.40. The molecule has 0 aliphatic rings. The van der Waals surface area contributed by atoms with E-state index in [0.717, 1.165) is 35.7 Å². The van der Waals surface area contributed by atoms with E-state index in [2.05, 4.69) is 39.6 Å². The number of aryl methyl sites for hydroxylation is 2. The first-order chi connectivity index (χ1) is 11.6. The second kappa shape index (κ2) is 8.52. The summed E-state index contributed by atoms with van der Waals surface area (Å²) >= 11 is 0. The minimum Gasteiger partial charge on any atom is -0.444 e. The van der Waals surface area contributed by atoms with Crippen LogP contribution in [-0.2, 0) is 13.1 Å². The number of nitrogens with zero attached hydrogens (tertiary/aromatic N) is 3. The predicted octanol–water partition coefficient (Wildman–Crippen LogP) is 3.05. The van der Waals surface area contributed by atoms with Gasteiger partial charge in [-0.25, -0.2) is 4.98 Å². The Labute approximate surface area is 142 Å². The van der Waals surface area contributed by atoms with Crippen molar-refractivity contribution in [2.45, 2.75) is 59.5 Å². The molecule has 0 unspecified atom stereocenters. The number of hydrogen-bond donors (Lipinski definition) is 2. The van der Waals surface area contributed by atoms with E-state index in [1.54, 1.807) is 7.05 Å². The smallest absolute Gasteiger partial charge is 0.214 e. The van der Waals surface area contributed by atoms with Gasteiger partial charge in [0, 0.05) is 19.0 Å². The van der Waals surface area contributed by atoms with Crippen LogP contribution in [0.25, 0.3) is 0 Å². The van der Waals surface area contributed by atoms with E-state index in [1.165, 1.54) is 0 Å². The van der Waals surface area contributed by atoms with Crippen LogP contribution in [0.4, 0.5) is 0 Å². The number of rotatable bonds is 7. The molecule has 2 aromatic heterocycles. The van der Waals surface area contributed by atoms with Crippen LogP contribution in [-0.4, -0.2) is 23.1 Å². The predicted molar refractivity (Wildman–Crippen MR) is 92.8 cm³/mol. The van der Waals surface area contributed by atoms with Crippen molar-refractivity contribution in [1.29, 1.82) is 0 Å². The Kier molecular flexibility index (Phi) is 6.40. The largest absolute Gasteiger partial charge is 0.444 e. The zero-order valence-corrected chi connectivity index (χ0v) is 15.1. The van der Waals surface area contributed by atoms with Gasteiger partial charge in [0.05, 0.1) is 24.5 Å². The van der Waals surface area contributed by atoms with Crippen molar-refractivity contribution in [2.24, 2.45) is 4.99 Å². The van der Waals surface area contributed by atoms with Crippen molar-refractivity contribution in [3.05, 3.63) is 34.9 Å². The zero-order chi connectivity index (χ0) is 17.5. The second-order valence-electron chi connectivity index (χ2n) is 5.76. The van der Waals surface area contributed by atoms with E-state index >= 15 is 0 Å². The van der Waals surface area contributed by atoms with Gasteiger partial charge in [-0.3, -0.25) is 4.99 Å². The second-order valence-corrected chi connectivity index (χ2v) is 5.76. The number of oxazole rings is 1. The first kappa shape index (κ1) is 18.0. The molecular weight excluding hydrogens is 306 g/mol. The Hall–Kier alpha value is -2.31. The fourth-order valence-electron chi connectivity index (χ4n) is 2.48. The van der Waals surface area contributed by atoms with E-state index in [0.29, 0.717) is 30.9 Å². The Morgan fingerprint density at radius 3 is 2.50 bits per heavy atom. The van der Waals surface area contributed by atoms with Gasteiger partial charge in [-0.2, -0.15) is 0 Å². The highest BCUT2D eigenvalue weighted by molar-refractivity contribution is 5.79. The van der Waals surface area contributed by atoms with Crippen molar-refractivity contribution < 1.29 is 8.94 Å². The maximum atomic E-state index is 5.54. The Balaban J connectivity index is 1.85. The van der Waals surface area contributed by atoms with Gasteiger partial charge in [-0.1, -0.05) is 19.0 Å². The lowest BCUT2D eigenvalue weighted by Crippen LogP contribution is -2.36. The van der Waals surface area contributed by atoms with Crippen LogP contribution in [0.1, 0.15) is 61.4 Å². The molecule has 7 nitrogen and oxygen atoms in total. The normalized spacial score (nSPS) is 12.0. The maximum Gasteiger partial charge on any atom is 0.214 e. The van der Waals surface area contributed by atoms with Gasteiger partial charge in [0.15, 0.2) is 11.7 Å². The maximum absolute atomic E-state index is 5.54. The van der Waals surface area contributed by atoms with E-state index in [-0.39, 0.29) is 0 Å². The molecule has 0 saturated heterocycles. The molecule has 0 spiro atoms. The van der Waals surface area contributed by atoms with Gasteiger partial charge in [0.1, 0.15) is 5.76 Å². The molecule has 7 heteroatoms. The lowest BCUT2D eigenvalue weighted by Gasteiger charge is -2.09. The van der Waals surface area contributed by atoms with Gasteiger partial charge in [-0.05, 0) is 26.7 Å². The monoisotopic (exact) mass is 333 g/mol. The van der Waals surface area contributed by atoms with E-state index < -0.39 is 0 Å². The fraction of sp³-hybridized carbons (Fsp3) is 0.588. The minimum absolute atomic E-state index is 0.455. The molecule has 0 radical (unpaired) electrons. The van der Waals surface area contributed by atoms with Crippen LogP contribution >= 0.6 is 0 Å². The number of guanidine groups is 1. The van der Waals surface area contributed by atoms with E-state index in [1.807, 2.05) is 19.9 Å². The highest BCUT2D eigenvalue weighted by Gasteiger charge is 2.13. The van der Waals surface area contributed by atoms with Gasteiger partial charge < -0.3 is 19.6 Å². The van der Waals surface area contributed by atoms with Crippen LogP contribution in [0.3, 0.4) is 0 Å². The summed E-state index contributed by atoms with van der Waals surface area (Å²) in [7, 11) is 1.72. The molecule has 0 saturated carbocycles. The lowest BCUT2D eigenvalue weighted by molar-refractivity contribution is 0.368. The SMILES string of the molecule is CCC(CC)c1cc(CNC(=NC)NCc2nc(C)c(C)o2)on1. The summed E-state index contributed by atoms with van der Waals surface area (Å²) < 4.78 is 10.9. The molecule has 2 rings (SSSR count). The highest BCUT2D eigenvalue weighted by atomic mass is 16.5. The van der Waals surface area contributed by atoms with Crippen LogP contribution < -0.4 is 10.6 Å². The third kappa shape index (κ3) is 4.59. The molecule has 2 aromatic rings. The third-order valence-corrected chi connectivity index (χ3v) is 4.11. The molecule has 0 amide bonds. The summed E-state index contributed by atoms with van der Waals surface area (Å²) in [5, 5.41) is 10.5. The van der Waals surface area contributed by atoms with Crippen LogP contribution in [0, 0.1) is 13.8 Å². The summed E-state index contributed by atoms with van der Waals surface area (Å²) in [6.07, 6.45) is 2.13. The summed E-state index contributed by atoms with van der Waals surface area (Å²) in [6, 6.07) is 2.01. The molecule has 2 N–H and O–H groups in total. The van der Waals surface area contributed by atoms with Gasteiger partial charge in [0.2, 0.25) is 5.89 Å². The summed E-state index contributed by atoms with van der Waals surface area (Å²) in [6.45, 7) is 9.16. The highest BCUT2D eigenvalue weighted by Crippen LogP contribution is 2.22. The van der Waals surface area contributed by atoms with Gasteiger partial charge in [-0.15, -0.1) is 0 Å². The van der Waals surface area contributed by atoms with Crippen LogP contribution in [0.5, 0.6) is 0 Å². The van der Waals surface area contributed by atoms with Crippen molar-refractivity contribution in [3.8, 4) is 0 Å². The minimum atomic E-state index is 0.455.